The summed E-state index contributed by atoms with van der Waals surface area (Å²) in [6.07, 6.45) is 2.63. The third-order valence-electron chi connectivity index (χ3n) is 4.96. The number of aryl methyl sites for hydroxylation is 1. The summed E-state index contributed by atoms with van der Waals surface area (Å²) in [7, 11) is 0. The number of benzene rings is 2. The first-order chi connectivity index (χ1) is 15.6. The molecule has 0 spiro atoms. The fourth-order valence-electron chi connectivity index (χ4n) is 3.28. The van der Waals surface area contributed by atoms with E-state index >= 15 is 0 Å². The Morgan fingerprint density at radius 1 is 1.31 bits per heavy atom. The number of hydrogen-bond donors (Lipinski definition) is 1. The number of thiazole rings is 1. The van der Waals surface area contributed by atoms with Crippen LogP contribution in [0.5, 0.6) is 11.5 Å². The molecule has 164 valence electrons. The highest BCUT2D eigenvalue weighted by molar-refractivity contribution is 7.14. The summed E-state index contributed by atoms with van der Waals surface area (Å²) in [6, 6.07) is 13.2. The smallest absolute Gasteiger partial charge is 0.265 e. The first-order valence-corrected chi connectivity index (χ1v) is 11.1. The minimum absolute atomic E-state index is 0.0118. The number of nitrogens with zero attached hydrogens (tertiary/aromatic N) is 2. The molecular weight excluding hydrogens is 426 g/mol. The summed E-state index contributed by atoms with van der Waals surface area (Å²) in [5.74, 6) is 0.882. The molecule has 1 aliphatic rings. The topological polar surface area (TPSA) is 80.8 Å². The van der Waals surface area contributed by atoms with Crippen LogP contribution in [0.25, 0.3) is 11.3 Å². The van der Waals surface area contributed by atoms with Crippen LogP contribution < -0.4 is 19.7 Å². The van der Waals surface area contributed by atoms with Crippen molar-refractivity contribution in [3.05, 3.63) is 66.1 Å². The van der Waals surface area contributed by atoms with Crippen LogP contribution in [0.4, 0.5) is 10.8 Å². The van der Waals surface area contributed by atoms with E-state index in [1.165, 1.54) is 16.9 Å². The maximum atomic E-state index is 12.3. The van der Waals surface area contributed by atoms with Crippen LogP contribution in [0.3, 0.4) is 0 Å². The molecule has 0 atom stereocenters. The average Bonchev–Trinajstić information content (AvgIpc) is 3.28. The van der Waals surface area contributed by atoms with Gasteiger partial charge in [-0.1, -0.05) is 25.1 Å². The van der Waals surface area contributed by atoms with Crippen LogP contribution in [0, 0.1) is 0 Å². The predicted octanol–water partition coefficient (Wildman–Crippen LogP) is 4.30. The Hall–Kier alpha value is -3.65. The second-order valence-corrected chi connectivity index (χ2v) is 7.99. The Labute approximate surface area is 190 Å². The molecule has 1 aliphatic heterocycles. The highest BCUT2D eigenvalue weighted by Crippen LogP contribution is 2.36. The molecule has 3 aromatic rings. The number of fused-ring (bicyclic) bond motifs is 1. The Balaban J connectivity index is 1.41. The number of carbonyl (C=O) groups is 2. The third kappa shape index (κ3) is 4.81. The van der Waals surface area contributed by atoms with Gasteiger partial charge in [0.1, 0.15) is 11.5 Å². The predicted molar refractivity (Wildman–Crippen MR) is 126 cm³/mol. The fraction of sp³-hybridized carbons (Fsp3) is 0.208. The number of ether oxygens (including phenoxy) is 2. The summed E-state index contributed by atoms with van der Waals surface area (Å²) in [6.45, 7) is 6.11. The van der Waals surface area contributed by atoms with Crippen LogP contribution in [0.15, 0.2) is 60.5 Å². The van der Waals surface area contributed by atoms with Gasteiger partial charge in [-0.2, -0.15) is 0 Å². The standard InChI is InChI=1S/C24H23N3O4S/c1-3-11-27-20-12-17(7-10-21(20)31-14-23(27)29)19-15-32-24(25-19)26-22(28)13-30-18-8-5-16(4-2)6-9-18/h3,5-10,12,15H,1,4,11,13-14H2,2H3,(H,25,26,28). The number of hydrogen-bond acceptors (Lipinski definition) is 6. The quantitative estimate of drug-likeness (QED) is 0.519. The van der Waals surface area contributed by atoms with Crippen LogP contribution >= 0.6 is 11.3 Å². The lowest BCUT2D eigenvalue weighted by molar-refractivity contribution is -0.121. The Bertz CT molecular complexity index is 1140. The van der Waals surface area contributed by atoms with E-state index in [4.69, 9.17) is 9.47 Å². The molecule has 0 fully saturated rings. The lowest BCUT2D eigenvalue weighted by Crippen LogP contribution is -2.38. The monoisotopic (exact) mass is 449 g/mol. The second-order valence-electron chi connectivity index (χ2n) is 7.14. The minimum Gasteiger partial charge on any atom is -0.484 e. The molecule has 0 bridgehead atoms. The number of carbonyl (C=O) groups excluding carboxylic acids is 2. The molecule has 2 amide bonds. The van der Waals surface area contributed by atoms with Crippen molar-refractivity contribution in [3.8, 4) is 22.8 Å². The van der Waals surface area contributed by atoms with E-state index in [2.05, 4.69) is 23.8 Å². The minimum atomic E-state index is -0.285. The van der Waals surface area contributed by atoms with E-state index < -0.39 is 0 Å². The van der Waals surface area contributed by atoms with E-state index in [0.717, 1.165) is 12.0 Å². The molecule has 0 radical (unpaired) electrons. The molecule has 32 heavy (non-hydrogen) atoms. The van der Waals surface area contributed by atoms with Crippen molar-refractivity contribution in [2.45, 2.75) is 13.3 Å². The van der Waals surface area contributed by atoms with Crippen molar-refractivity contribution in [1.29, 1.82) is 0 Å². The number of nitrogens with one attached hydrogen (secondary N) is 1. The van der Waals surface area contributed by atoms with Crippen molar-refractivity contribution in [3.63, 3.8) is 0 Å². The van der Waals surface area contributed by atoms with E-state index in [1.807, 2.05) is 47.8 Å². The van der Waals surface area contributed by atoms with Crippen LogP contribution in [0.1, 0.15) is 12.5 Å². The molecule has 1 aromatic heterocycles. The van der Waals surface area contributed by atoms with Gasteiger partial charge in [0.15, 0.2) is 18.3 Å². The first kappa shape index (κ1) is 21.6. The normalized spacial score (nSPS) is 12.7. The van der Waals surface area contributed by atoms with Crippen molar-refractivity contribution < 1.29 is 19.1 Å². The molecule has 2 aromatic carbocycles. The number of aromatic nitrogens is 1. The lowest BCUT2D eigenvalue weighted by atomic mass is 10.1. The summed E-state index contributed by atoms with van der Waals surface area (Å²) < 4.78 is 11.1. The Morgan fingerprint density at radius 2 is 2.12 bits per heavy atom. The van der Waals surface area contributed by atoms with E-state index in [9.17, 15) is 9.59 Å². The maximum absolute atomic E-state index is 12.3. The van der Waals surface area contributed by atoms with Crippen LogP contribution in [0.2, 0.25) is 0 Å². The number of amides is 2. The summed E-state index contributed by atoms with van der Waals surface area (Å²) in [5.41, 5.74) is 3.41. The van der Waals surface area contributed by atoms with Gasteiger partial charge in [0.05, 0.1) is 11.4 Å². The van der Waals surface area contributed by atoms with Gasteiger partial charge in [-0.05, 0) is 42.3 Å². The zero-order chi connectivity index (χ0) is 22.5. The van der Waals surface area contributed by atoms with Crippen molar-refractivity contribution in [1.82, 2.24) is 4.98 Å². The second kappa shape index (κ2) is 9.65. The number of anilines is 2. The molecule has 0 saturated heterocycles. The highest BCUT2D eigenvalue weighted by Gasteiger charge is 2.25. The van der Waals surface area contributed by atoms with Gasteiger partial charge in [0.2, 0.25) is 0 Å². The van der Waals surface area contributed by atoms with Gasteiger partial charge in [0.25, 0.3) is 11.8 Å². The molecule has 0 unspecified atom stereocenters. The zero-order valence-electron chi connectivity index (χ0n) is 17.7. The van der Waals surface area contributed by atoms with Gasteiger partial charge in [-0.15, -0.1) is 17.9 Å². The van der Waals surface area contributed by atoms with Crippen molar-refractivity contribution >= 4 is 34.0 Å². The van der Waals surface area contributed by atoms with Crippen molar-refractivity contribution in [2.75, 3.05) is 30.0 Å². The molecule has 8 heteroatoms. The zero-order valence-corrected chi connectivity index (χ0v) is 18.5. The van der Waals surface area contributed by atoms with Gasteiger partial charge >= 0.3 is 0 Å². The molecule has 0 aliphatic carbocycles. The Morgan fingerprint density at radius 3 is 2.88 bits per heavy atom. The Kier molecular flexibility index (Phi) is 6.51. The largest absolute Gasteiger partial charge is 0.484 e. The summed E-state index contributed by atoms with van der Waals surface area (Å²) in [5, 5.41) is 5.09. The van der Waals surface area contributed by atoms with E-state index in [-0.39, 0.29) is 25.0 Å². The fourth-order valence-corrected chi connectivity index (χ4v) is 4.02. The van der Waals surface area contributed by atoms with Gasteiger partial charge in [-0.3, -0.25) is 14.9 Å². The average molecular weight is 450 g/mol. The SMILES string of the molecule is C=CCN1C(=O)COc2ccc(-c3csc(NC(=O)COc4ccc(CC)cc4)n3)cc21. The summed E-state index contributed by atoms with van der Waals surface area (Å²) in [4.78, 5) is 30.6. The van der Waals surface area contributed by atoms with Gasteiger partial charge < -0.3 is 14.4 Å². The first-order valence-electron chi connectivity index (χ1n) is 10.2. The summed E-state index contributed by atoms with van der Waals surface area (Å²) >= 11 is 1.32. The molecule has 7 nitrogen and oxygen atoms in total. The van der Waals surface area contributed by atoms with Crippen LogP contribution in [-0.2, 0) is 16.0 Å². The van der Waals surface area contributed by atoms with Gasteiger partial charge in [0, 0.05) is 17.5 Å². The molecular formula is C24H23N3O4S. The maximum Gasteiger partial charge on any atom is 0.265 e. The van der Waals surface area contributed by atoms with E-state index in [0.29, 0.717) is 34.6 Å². The van der Waals surface area contributed by atoms with E-state index in [1.54, 1.807) is 11.0 Å². The van der Waals surface area contributed by atoms with Gasteiger partial charge in [-0.25, -0.2) is 4.98 Å². The molecule has 1 N–H and O–H groups in total. The highest BCUT2D eigenvalue weighted by atomic mass is 32.1. The molecule has 4 rings (SSSR count). The van der Waals surface area contributed by atoms with Crippen molar-refractivity contribution in [2.24, 2.45) is 0 Å². The molecule has 2 heterocycles. The number of rotatable bonds is 8. The van der Waals surface area contributed by atoms with Crippen LogP contribution in [-0.4, -0.2) is 36.6 Å². The lowest BCUT2D eigenvalue weighted by Gasteiger charge is -2.28. The molecule has 0 saturated carbocycles. The third-order valence-corrected chi connectivity index (χ3v) is 5.72.